The molecule has 3 aliphatic heterocycles. The maximum atomic E-state index is 12.2. The van der Waals surface area contributed by atoms with Crippen LogP contribution in [0.3, 0.4) is 0 Å². The zero-order valence-corrected chi connectivity index (χ0v) is 44.1. The number of fused-ring (bicyclic) bond motifs is 3. The number of carbonyl (C=O) groups excluding carboxylic acids is 9. The summed E-state index contributed by atoms with van der Waals surface area (Å²) >= 11 is 0. The van der Waals surface area contributed by atoms with E-state index in [2.05, 4.69) is 0 Å². The second-order valence-corrected chi connectivity index (χ2v) is 24.8. The zero-order valence-electron chi connectivity index (χ0n) is 44.1. The highest BCUT2D eigenvalue weighted by molar-refractivity contribution is 5.85. The Kier molecular flexibility index (Phi) is 13.9. The Morgan fingerprint density at radius 2 is 1.04 bits per heavy atom. The molecule has 18 heteroatoms. The van der Waals surface area contributed by atoms with Crippen molar-refractivity contribution >= 4 is 53.7 Å². The maximum absolute atomic E-state index is 12.2. The molecule has 9 rings (SSSR count). The molecule has 0 aromatic rings. The van der Waals surface area contributed by atoms with E-state index in [0.717, 1.165) is 19.3 Å². The predicted molar refractivity (Wildman–Crippen MR) is 247 cm³/mol. The number of hydrogen-bond acceptors (Lipinski definition) is 18. The van der Waals surface area contributed by atoms with Gasteiger partial charge >= 0.3 is 53.7 Å². The highest BCUT2D eigenvalue weighted by Crippen LogP contribution is 2.68. The van der Waals surface area contributed by atoms with Crippen molar-refractivity contribution in [3.05, 3.63) is 0 Å². The Labute approximate surface area is 416 Å². The molecule has 15 unspecified atom stereocenters. The highest BCUT2D eigenvalue weighted by atomic mass is 16.6. The van der Waals surface area contributed by atoms with Crippen molar-refractivity contribution < 1.29 is 85.8 Å². The third-order valence-corrected chi connectivity index (χ3v) is 19.0. The molecule has 0 amide bonds. The molecule has 3 heterocycles. The Hall–Kier alpha value is -4.77. The number of esters is 9. The minimum absolute atomic E-state index is 0.0851. The van der Waals surface area contributed by atoms with Crippen LogP contribution in [0.1, 0.15) is 155 Å². The summed E-state index contributed by atoms with van der Waals surface area (Å²) in [7, 11) is 0. The van der Waals surface area contributed by atoms with Gasteiger partial charge in [-0.05, 0) is 134 Å². The quantitative estimate of drug-likeness (QED) is 0.129. The van der Waals surface area contributed by atoms with E-state index in [1.54, 1.807) is 41.5 Å². The molecule has 15 atom stereocenters. The number of carbonyl (C=O) groups is 9. The zero-order chi connectivity index (χ0) is 52.8. The third-order valence-electron chi connectivity index (χ3n) is 19.0. The molecule has 3 saturated heterocycles. The second kappa shape index (κ2) is 18.3. The Balaban J connectivity index is 0.000000157. The maximum Gasteiger partial charge on any atom is 0.344 e. The van der Waals surface area contributed by atoms with E-state index < -0.39 is 112 Å². The highest BCUT2D eigenvalue weighted by Gasteiger charge is 2.76. The second-order valence-electron chi connectivity index (χ2n) is 24.8. The average molecular weight is 1000 g/mol. The molecule has 9 fully saturated rings. The normalized spacial score (nSPS) is 39.0. The molecule has 6 saturated carbocycles. The van der Waals surface area contributed by atoms with E-state index in [0.29, 0.717) is 38.5 Å². The summed E-state index contributed by atoms with van der Waals surface area (Å²) in [6.45, 7) is 24.6. The van der Waals surface area contributed by atoms with Gasteiger partial charge in [0, 0.05) is 35.5 Å². The van der Waals surface area contributed by atoms with Crippen LogP contribution < -0.4 is 0 Å². The van der Waals surface area contributed by atoms with Gasteiger partial charge in [-0.15, -0.1) is 0 Å². The van der Waals surface area contributed by atoms with E-state index in [-0.39, 0.29) is 65.6 Å². The van der Waals surface area contributed by atoms with Crippen LogP contribution in [0.5, 0.6) is 0 Å². The van der Waals surface area contributed by atoms with E-state index in [1.807, 2.05) is 55.4 Å². The first-order valence-corrected chi connectivity index (χ1v) is 25.6. The Morgan fingerprint density at radius 1 is 0.563 bits per heavy atom. The predicted octanol–water partition coefficient (Wildman–Crippen LogP) is 6.33. The first-order chi connectivity index (χ1) is 32.8. The van der Waals surface area contributed by atoms with Crippen molar-refractivity contribution in [2.45, 2.75) is 190 Å². The molecule has 18 nitrogen and oxygen atoms in total. The number of ether oxygens (including phenoxy) is 9. The molecular weight excluding hydrogens is 925 g/mol. The lowest BCUT2D eigenvalue weighted by atomic mass is 9.70. The lowest BCUT2D eigenvalue weighted by Crippen LogP contribution is -2.49. The number of hydrogen-bond donors (Lipinski definition) is 0. The largest absolute Gasteiger partial charge is 0.458 e. The summed E-state index contributed by atoms with van der Waals surface area (Å²) < 4.78 is 48.5. The molecule has 396 valence electrons. The SMILES string of the molecule is CCC(C)(C)C(=O)OCC(=O)OC1(C)C2CC3C1OC(=O)C3(C)C2.CCC(C)(C)C(=O)OCC(=O)OC1C2CC3C(C)(C2)C(=O)OC13C.CCC(C)(C)C(=O)OCC(=O)OC1C2CC3C1OC(=O)C3(C)C2. The van der Waals surface area contributed by atoms with Gasteiger partial charge in [-0.25, -0.2) is 14.4 Å². The van der Waals surface area contributed by atoms with Gasteiger partial charge in [0.15, 0.2) is 25.4 Å². The van der Waals surface area contributed by atoms with Crippen LogP contribution in [0.2, 0.25) is 0 Å². The fourth-order valence-electron chi connectivity index (χ4n) is 13.1. The monoisotopic (exact) mass is 1000 g/mol. The number of rotatable bonds is 15. The van der Waals surface area contributed by atoms with Crippen molar-refractivity contribution in [3.8, 4) is 0 Å². The van der Waals surface area contributed by atoms with Gasteiger partial charge in [-0.1, -0.05) is 20.8 Å². The van der Waals surface area contributed by atoms with Gasteiger partial charge in [-0.3, -0.25) is 28.8 Å². The molecule has 0 spiro atoms. The lowest BCUT2D eigenvalue weighted by molar-refractivity contribution is -0.187. The summed E-state index contributed by atoms with van der Waals surface area (Å²) in [5, 5.41) is 0. The van der Waals surface area contributed by atoms with E-state index in [9.17, 15) is 43.2 Å². The van der Waals surface area contributed by atoms with Crippen LogP contribution in [-0.2, 0) is 85.8 Å². The van der Waals surface area contributed by atoms with Crippen LogP contribution in [0.15, 0.2) is 0 Å². The molecule has 71 heavy (non-hydrogen) atoms. The van der Waals surface area contributed by atoms with Gasteiger partial charge in [0.2, 0.25) is 0 Å². The van der Waals surface area contributed by atoms with Gasteiger partial charge in [0.05, 0.1) is 32.5 Å². The first-order valence-electron chi connectivity index (χ1n) is 25.6. The van der Waals surface area contributed by atoms with Crippen LogP contribution in [0.4, 0.5) is 0 Å². The van der Waals surface area contributed by atoms with Crippen molar-refractivity contribution in [2.24, 2.45) is 68.0 Å². The lowest BCUT2D eigenvalue weighted by Gasteiger charge is -2.38. The van der Waals surface area contributed by atoms with Crippen LogP contribution >= 0.6 is 0 Å². The molecule has 0 aromatic carbocycles. The van der Waals surface area contributed by atoms with Crippen molar-refractivity contribution in [2.75, 3.05) is 19.8 Å². The van der Waals surface area contributed by atoms with Gasteiger partial charge in [-0.2, -0.15) is 0 Å². The summed E-state index contributed by atoms with van der Waals surface area (Å²) in [4.78, 5) is 108. The summed E-state index contributed by atoms with van der Waals surface area (Å²) in [6.07, 6.45) is 4.89. The molecule has 0 aromatic heterocycles. The summed E-state index contributed by atoms with van der Waals surface area (Å²) in [5.41, 5.74) is -4.72. The topological polar surface area (TPSA) is 237 Å². The smallest absolute Gasteiger partial charge is 0.344 e. The van der Waals surface area contributed by atoms with E-state index >= 15 is 0 Å². The summed E-state index contributed by atoms with van der Waals surface area (Å²) in [6, 6.07) is 0. The van der Waals surface area contributed by atoms with Gasteiger partial charge in [0.25, 0.3) is 0 Å². The van der Waals surface area contributed by atoms with E-state index in [1.165, 1.54) is 0 Å². The van der Waals surface area contributed by atoms with Crippen LogP contribution in [-0.4, -0.2) is 109 Å². The van der Waals surface area contributed by atoms with Crippen LogP contribution in [0.25, 0.3) is 0 Å². The summed E-state index contributed by atoms with van der Waals surface area (Å²) in [5.74, 6) is -2.82. The first kappa shape index (κ1) is 54.0. The molecule has 0 N–H and O–H groups in total. The molecular formula is C53H76O18. The molecule has 6 aliphatic carbocycles. The standard InChI is InChI=1S/2C18H26O6.C17H24O6/c1-6-16(2,3)14(20)22-9-12(19)24-18(5)10-7-11-13(18)23-15(21)17(11,4)8-10;1-6-16(2,3)14(20)22-9-12(19)23-13-10-7-11-17(4,8-10)15(21)24-18(11,13)5;1-5-16(2,3)14(19)21-8-11(18)22-12-9-6-10-13(12)23-15(20)17(10,4)7-9/h2*10-11,13H,6-9H2,1-5H3;9-10,12-13H,5-8H2,1-4H3. The molecule has 6 bridgehead atoms. The fourth-order valence-corrected chi connectivity index (χ4v) is 13.1. The van der Waals surface area contributed by atoms with Crippen molar-refractivity contribution in [1.82, 2.24) is 0 Å². The molecule has 9 aliphatic rings. The van der Waals surface area contributed by atoms with Gasteiger partial charge < -0.3 is 42.6 Å². The van der Waals surface area contributed by atoms with Crippen LogP contribution in [0, 0.1) is 68.0 Å². The minimum Gasteiger partial charge on any atom is -0.458 e. The van der Waals surface area contributed by atoms with Crippen molar-refractivity contribution in [3.63, 3.8) is 0 Å². The third kappa shape index (κ3) is 9.00. The average Bonchev–Trinajstić information content (AvgIpc) is 4.18. The minimum atomic E-state index is -0.819. The Morgan fingerprint density at radius 3 is 1.58 bits per heavy atom. The van der Waals surface area contributed by atoms with E-state index in [4.69, 9.17) is 42.6 Å². The van der Waals surface area contributed by atoms with Gasteiger partial charge in [0.1, 0.15) is 30.0 Å². The molecule has 0 radical (unpaired) electrons. The Bertz CT molecular complexity index is 2230. The fraction of sp³-hybridized carbons (Fsp3) is 0.830. The van der Waals surface area contributed by atoms with Crippen molar-refractivity contribution in [1.29, 1.82) is 0 Å².